The first-order valence-electron chi connectivity index (χ1n) is 11.0. The Bertz CT molecular complexity index is 1070. The zero-order chi connectivity index (χ0) is 21.8. The van der Waals surface area contributed by atoms with E-state index >= 15 is 0 Å². The number of hydrogen-bond donors (Lipinski definition) is 0. The minimum absolute atomic E-state index is 0.0726. The molecule has 0 radical (unpaired) electrons. The minimum Gasteiger partial charge on any atom is -0.341 e. The van der Waals surface area contributed by atoms with Crippen LogP contribution in [0.2, 0.25) is 0 Å². The first kappa shape index (κ1) is 21.8. The van der Waals surface area contributed by atoms with Gasteiger partial charge in [0.1, 0.15) is 6.54 Å². The monoisotopic (exact) mass is 443 g/mol. The molecule has 2 aliphatic rings. The molecule has 1 aromatic heterocycles. The van der Waals surface area contributed by atoms with Gasteiger partial charge in [0.2, 0.25) is 15.9 Å². The van der Waals surface area contributed by atoms with E-state index in [0.717, 1.165) is 32.1 Å². The van der Waals surface area contributed by atoms with Crippen LogP contribution in [-0.2, 0) is 27.8 Å². The molecular weight excluding hydrogens is 414 g/mol. The standard InChI is InChI=1S/C23H29N3O4S/c27-22-9-8-21(31(29,30)26-12-4-5-13-26)17-25(22)18-23(28)24-14-10-20(11-15-24)16-19-6-2-1-3-7-19/h1-3,6-9,17,20H,4-5,10-16,18H2. The van der Waals surface area contributed by atoms with Crippen LogP contribution in [0.4, 0.5) is 0 Å². The summed E-state index contributed by atoms with van der Waals surface area (Å²) in [6.07, 6.45) is 5.88. The van der Waals surface area contributed by atoms with Crippen LogP contribution in [0.1, 0.15) is 31.2 Å². The number of amides is 1. The summed E-state index contributed by atoms with van der Waals surface area (Å²) < 4.78 is 28.2. The van der Waals surface area contributed by atoms with E-state index in [-0.39, 0.29) is 22.9 Å². The molecule has 2 fully saturated rings. The fraction of sp³-hybridized carbons (Fsp3) is 0.478. The number of piperidine rings is 1. The fourth-order valence-electron chi connectivity index (χ4n) is 4.44. The maximum Gasteiger partial charge on any atom is 0.251 e. The third-order valence-electron chi connectivity index (χ3n) is 6.30. The van der Waals surface area contributed by atoms with E-state index in [0.29, 0.717) is 32.1 Å². The molecule has 2 aliphatic heterocycles. The average Bonchev–Trinajstić information content (AvgIpc) is 3.32. The molecule has 1 aromatic carbocycles. The maximum atomic E-state index is 12.8. The summed E-state index contributed by atoms with van der Waals surface area (Å²) in [7, 11) is -3.63. The van der Waals surface area contributed by atoms with Crippen molar-refractivity contribution in [3.8, 4) is 0 Å². The fourth-order valence-corrected chi connectivity index (χ4v) is 5.98. The largest absolute Gasteiger partial charge is 0.341 e. The highest BCUT2D eigenvalue weighted by Crippen LogP contribution is 2.22. The number of pyridine rings is 1. The Morgan fingerprint density at radius 1 is 0.935 bits per heavy atom. The number of rotatable bonds is 6. The third kappa shape index (κ3) is 5.07. The van der Waals surface area contributed by atoms with Crippen molar-refractivity contribution in [2.75, 3.05) is 26.2 Å². The van der Waals surface area contributed by atoms with Gasteiger partial charge in [-0.1, -0.05) is 30.3 Å². The second-order valence-electron chi connectivity index (χ2n) is 8.46. The van der Waals surface area contributed by atoms with Crippen LogP contribution in [0.25, 0.3) is 0 Å². The van der Waals surface area contributed by atoms with Crippen molar-refractivity contribution in [2.24, 2.45) is 5.92 Å². The number of likely N-dealkylation sites (tertiary alicyclic amines) is 1. The van der Waals surface area contributed by atoms with Crippen molar-refractivity contribution < 1.29 is 13.2 Å². The van der Waals surface area contributed by atoms with E-state index in [1.165, 1.54) is 32.8 Å². The quantitative estimate of drug-likeness (QED) is 0.685. The van der Waals surface area contributed by atoms with Crippen LogP contribution in [0, 0.1) is 5.92 Å². The summed E-state index contributed by atoms with van der Waals surface area (Å²) in [4.78, 5) is 26.9. The molecule has 4 rings (SSSR count). The molecule has 0 N–H and O–H groups in total. The lowest BCUT2D eigenvalue weighted by Gasteiger charge is -2.32. The average molecular weight is 444 g/mol. The van der Waals surface area contributed by atoms with Crippen LogP contribution in [0.15, 0.2) is 58.4 Å². The van der Waals surface area contributed by atoms with E-state index in [2.05, 4.69) is 12.1 Å². The summed E-state index contributed by atoms with van der Waals surface area (Å²) >= 11 is 0. The van der Waals surface area contributed by atoms with Crippen molar-refractivity contribution in [1.82, 2.24) is 13.8 Å². The summed E-state index contributed by atoms with van der Waals surface area (Å²) in [5, 5.41) is 0. The Hall–Kier alpha value is -2.45. The maximum absolute atomic E-state index is 12.8. The second kappa shape index (κ2) is 9.36. The Balaban J connectivity index is 1.38. The molecular formula is C23H29N3O4S. The van der Waals surface area contributed by atoms with Gasteiger partial charge in [0.15, 0.2) is 0 Å². The number of aromatic nitrogens is 1. The van der Waals surface area contributed by atoms with Gasteiger partial charge in [-0.2, -0.15) is 4.31 Å². The second-order valence-corrected chi connectivity index (χ2v) is 10.4. The molecule has 0 aliphatic carbocycles. The summed E-state index contributed by atoms with van der Waals surface area (Å²) in [5.41, 5.74) is 0.947. The predicted molar refractivity (Wildman–Crippen MR) is 118 cm³/mol. The lowest BCUT2D eigenvalue weighted by molar-refractivity contribution is -0.133. The van der Waals surface area contributed by atoms with Crippen LogP contribution in [-0.4, -0.2) is 54.3 Å². The highest BCUT2D eigenvalue weighted by Gasteiger charge is 2.28. The molecule has 3 heterocycles. The smallest absolute Gasteiger partial charge is 0.251 e. The van der Waals surface area contributed by atoms with Crippen LogP contribution < -0.4 is 5.56 Å². The molecule has 0 saturated carbocycles. The van der Waals surface area contributed by atoms with Crippen molar-refractivity contribution in [2.45, 2.75) is 43.5 Å². The Morgan fingerprint density at radius 2 is 1.61 bits per heavy atom. The molecule has 0 atom stereocenters. The molecule has 2 saturated heterocycles. The number of benzene rings is 1. The van der Waals surface area contributed by atoms with Crippen LogP contribution >= 0.6 is 0 Å². The van der Waals surface area contributed by atoms with E-state index in [9.17, 15) is 18.0 Å². The van der Waals surface area contributed by atoms with Gasteiger partial charge in [0, 0.05) is 38.4 Å². The number of sulfonamides is 1. The molecule has 0 bridgehead atoms. The zero-order valence-corrected chi connectivity index (χ0v) is 18.5. The van der Waals surface area contributed by atoms with Crippen molar-refractivity contribution in [3.63, 3.8) is 0 Å². The SMILES string of the molecule is O=C(Cn1cc(S(=O)(=O)N2CCCC2)ccc1=O)N1CCC(Cc2ccccc2)CC1. The van der Waals surface area contributed by atoms with Crippen molar-refractivity contribution in [3.05, 3.63) is 64.6 Å². The van der Waals surface area contributed by atoms with Gasteiger partial charge < -0.3 is 9.47 Å². The third-order valence-corrected chi connectivity index (χ3v) is 8.18. The minimum atomic E-state index is -3.63. The van der Waals surface area contributed by atoms with Gasteiger partial charge in [-0.15, -0.1) is 0 Å². The van der Waals surface area contributed by atoms with E-state index in [4.69, 9.17) is 0 Å². The molecule has 0 unspecified atom stereocenters. The van der Waals surface area contributed by atoms with Crippen molar-refractivity contribution >= 4 is 15.9 Å². The van der Waals surface area contributed by atoms with Gasteiger partial charge in [0.05, 0.1) is 4.90 Å². The molecule has 166 valence electrons. The highest BCUT2D eigenvalue weighted by molar-refractivity contribution is 7.89. The Morgan fingerprint density at radius 3 is 2.29 bits per heavy atom. The van der Waals surface area contributed by atoms with Crippen LogP contribution in [0.3, 0.4) is 0 Å². The Labute approximate surface area is 183 Å². The molecule has 8 heteroatoms. The number of carbonyl (C=O) groups excluding carboxylic acids is 1. The summed E-state index contributed by atoms with van der Waals surface area (Å²) in [6.45, 7) is 2.19. The van der Waals surface area contributed by atoms with Gasteiger partial charge in [-0.05, 0) is 49.7 Å². The van der Waals surface area contributed by atoms with Gasteiger partial charge in [0.25, 0.3) is 5.56 Å². The van der Waals surface area contributed by atoms with Gasteiger partial charge in [-0.3, -0.25) is 9.59 Å². The number of hydrogen-bond acceptors (Lipinski definition) is 4. The first-order valence-corrected chi connectivity index (χ1v) is 12.4. The summed E-state index contributed by atoms with van der Waals surface area (Å²) in [5.74, 6) is 0.402. The lowest BCUT2D eigenvalue weighted by atomic mass is 9.90. The van der Waals surface area contributed by atoms with E-state index in [1.54, 1.807) is 4.90 Å². The molecule has 0 spiro atoms. The molecule has 1 amide bonds. The zero-order valence-electron chi connectivity index (χ0n) is 17.7. The molecule has 7 nitrogen and oxygen atoms in total. The van der Waals surface area contributed by atoms with Crippen molar-refractivity contribution in [1.29, 1.82) is 0 Å². The van der Waals surface area contributed by atoms with E-state index < -0.39 is 10.0 Å². The predicted octanol–water partition coefficient (Wildman–Crippen LogP) is 2.11. The number of carbonyl (C=O) groups is 1. The highest BCUT2D eigenvalue weighted by atomic mass is 32.2. The topological polar surface area (TPSA) is 79.7 Å². The number of nitrogens with zero attached hydrogens (tertiary/aromatic N) is 3. The lowest BCUT2D eigenvalue weighted by Crippen LogP contribution is -2.42. The van der Waals surface area contributed by atoms with Gasteiger partial charge in [-0.25, -0.2) is 8.42 Å². The molecule has 31 heavy (non-hydrogen) atoms. The van der Waals surface area contributed by atoms with Crippen LogP contribution in [0.5, 0.6) is 0 Å². The normalized spacial score (nSPS) is 18.4. The first-order chi connectivity index (χ1) is 14.9. The van der Waals surface area contributed by atoms with Gasteiger partial charge >= 0.3 is 0 Å². The van der Waals surface area contributed by atoms with E-state index in [1.807, 2.05) is 18.2 Å². The molecule has 2 aromatic rings. The summed E-state index contributed by atoms with van der Waals surface area (Å²) in [6, 6.07) is 12.9. The Kier molecular flexibility index (Phi) is 6.57.